The number of nitrogens with zero attached hydrogens (tertiary/aromatic N) is 1. The number of rotatable bonds is 3. The topological polar surface area (TPSA) is 59.1 Å². The molecule has 0 spiro atoms. The van der Waals surface area contributed by atoms with E-state index in [1.54, 1.807) is 5.38 Å². The van der Waals surface area contributed by atoms with Crippen LogP contribution in [0.5, 0.6) is 0 Å². The van der Waals surface area contributed by atoms with Crippen molar-refractivity contribution in [2.75, 3.05) is 4.72 Å². The van der Waals surface area contributed by atoms with Crippen LogP contribution < -0.4 is 4.72 Å². The Bertz CT molecular complexity index is 628. The summed E-state index contributed by atoms with van der Waals surface area (Å²) in [5.41, 5.74) is 0. The molecule has 1 aromatic carbocycles. The van der Waals surface area contributed by atoms with Gasteiger partial charge in [-0.05, 0) is 18.2 Å². The predicted octanol–water partition coefficient (Wildman–Crippen LogP) is 2.74. The zero-order chi connectivity index (χ0) is 12.5. The Labute approximate surface area is 106 Å². The number of hydrogen-bond acceptors (Lipinski definition) is 4. The standard InChI is InChI=1S/C9H6ClFN2O2S2/c10-7-5-6(1-2-8(7)11)17(14,15)13-9-12-3-4-16-9/h1-5H,(H,12,13). The molecule has 1 heterocycles. The number of sulfonamides is 1. The average Bonchev–Trinajstić information content (AvgIpc) is 2.73. The van der Waals surface area contributed by atoms with Crippen LogP contribution in [0.15, 0.2) is 34.7 Å². The van der Waals surface area contributed by atoms with E-state index in [1.807, 2.05) is 0 Å². The van der Waals surface area contributed by atoms with E-state index < -0.39 is 15.8 Å². The number of halogens is 2. The summed E-state index contributed by atoms with van der Waals surface area (Å²) in [6.07, 6.45) is 1.47. The molecule has 2 aromatic rings. The van der Waals surface area contributed by atoms with E-state index in [2.05, 4.69) is 9.71 Å². The average molecular weight is 293 g/mol. The van der Waals surface area contributed by atoms with Gasteiger partial charge in [-0.25, -0.2) is 17.8 Å². The van der Waals surface area contributed by atoms with E-state index in [-0.39, 0.29) is 15.0 Å². The molecule has 0 saturated carbocycles. The lowest BCUT2D eigenvalue weighted by Crippen LogP contribution is -2.12. The molecule has 1 aromatic heterocycles. The molecule has 0 fully saturated rings. The van der Waals surface area contributed by atoms with E-state index in [9.17, 15) is 12.8 Å². The van der Waals surface area contributed by atoms with Gasteiger partial charge in [0, 0.05) is 11.6 Å². The van der Waals surface area contributed by atoms with E-state index in [0.29, 0.717) is 0 Å². The summed E-state index contributed by atoms with van der Waals surface area (Å²) >= 11 is 6.66. The van der Waals surface area contributed by atoms with Crippen LogP contribution in [0.4, 0.5) is 9.52 Å². The van der Waals surface area contributed by atoms with Gasteiger partial charge < -0.3 is 0 Å². The summed E-state index contributed by atoms with van der Waals surface area (Å²) in [5.74, 6) is -0.667. The lowest BCUT2D eigenvalue weighted by Gasteiger charge is -2.05. The zero-order valence-electron chi connectivity index (χ0n) is 8.22. The van der Waals surface area contributed by atoms with Crippen molar-refractivity contribution >= 4 is 38.1 Å². The molecular weight excluding hydrogens is 287 g/mol. The second-order valence-electron chi connectivity index (χ2n) is 3.02. The quantitative estimate of drug-likeness (QED) is 0.946. The Morgan fingerprint density at radius 1 is 1.41 bits per heavy atom. The van der Waals surface area contributed by atoms with Gasteiger partial charge in [0.15, 0.2) is 5.13 Å². The second kappa shape index (κ2) is 4.59. The van der Waals surface area contributed by atoms with Gasteiger partial charge in [0.2, 0.25) is 0 Å². The highest BCUT2D eigenvalue weighted by atomic mass is 35.5. The predicted molar refractivity (Wildman–Crippen MR) is 64.3 cm³/mol. The van der Waals surface area contributed by atoms with Crippen LogP contribution in [0, 0.1) is 5.82 Å². The maximum Gasteiger partial charge on any atom is 0.263 e. The third-order valence-electron chi connectivity index (χ3n) is 1.86. The van der Waals surface area contributed by atoms with Crippen molar-refractivity contribution < 1.29 is 12.8 Å². The van der Waals surface area contributed by atoms with E-state index in [0.717, 1.165) is 29.5 Å². The summed E-state index contributed by atoms with van der Waals surface area (Å²) in [6.45, 7) is 0. The van der Waals surface area contributed by atoms with Crippen molar-refractivity contribution in [3.8, 4) is 0 Å². The van der Waals surface area contributed by atoms with Gasteiger partial charge in [-0.3, -0.25) is 4.72 Å². The SMILES string of the molecule is O=S(=O)(Nc1nccs1)c1ccc(F)c(Cl)c1. The Morgan fingerprint density at radius 3 is 2.76 bits per heavy atom. The van der Waals surface area contributed by atoms with Gasteiger partial charge in [0.25, 0.3) is 10.0 Å². The highest BCUT2D eigenvalue weighted by molar-refractivity contribution is 7.93. The number of benzene rings is 1. The number of thiazole rings is 1. The van der Waals surface area contributed by atoms with Gasteiger partial charge in [-0.15, -0.1) is 11.3 Å². The highest BCUT2D eigenvalue weighted by Gasteiger charge is 2.16. The summed E-state index contributed by atoms with van der Waals surface area (Å²) in [6, 6.07) is 3.18. The maximum absolute atomic E-state index is 12.9. The minimum absolute atomic E-state index is 0.112. The fourth-order valence-electron chi connectivity index (χ4n) is 1.09. The first kappa shape index (κ1) is 12.3. The van der Waals surface area contributed by atoms with Crippen LogP contribution in [-0.4, -0.2) is 13.4 Å². The molecule has 0 aliphatic rings. The first-order valence-electron chi connectivity index (χ1n) is 4.36. The van der Waals surface area contributed by atoms with Gasteiger partial charge >= 0.3 is 0 Å². The molecule has 90 valence electrons. The van der Waals surface area contributed by atoms with Crippen LogP contribution in [0.3, 0.4) is 0 Å². The maximum atomic E-state index is 12.9. The Morgan fingerprint density at radius 2 is 2.18 bits per heavy atom. The van der Waals surface area contributed by atoms with Crippen LogP contribution in [0.2, 0.25) is 5.02 Å². The molecule has 1 N–H and O–H groups in total. The van der Waals surface area contributed by atoms with Crippen molar-refractivity contribution in [3.05, 3.63) is 40.6 Å². The molecule has 0 saturated heterocycles. The van der Waals surface area contributed by atoms with Gasteiger partial charge in [-0.2, -0.15) is 0 Å². The van der Waals surface area contributed by atoms with Crippen LogP contribution in [0.25, 0.3) is 0 Å². The zero-order valence-corrected chi connectivity index (χ0v) is 10.6. The van der Waals surface area contributed by atoms with E-state index in [1.165, 1.54) is 6.20 Å². The molecular formula is C9H6ClFN2O2S2. The number of aromatic nitrogens is 1. The normalized spacial score (nSPS) is 11.4. The fourth-order valence-corrected chi connectivity index (χ4v) is 3.15. The molecule has 0 amide bonds. The fraction of sp³-hybridized carbons (Fsp3) is 0. The van der Waals surface area contributed by atoms with Crippen molar-refractivity contribution in [2.45, 2.75) is 4.90 Å². The minimum Gasteiger partial charge on any atom is -0.255 e. The molecule has 0 aliphatic heterocycles. The Kier molecular flexibility index (Phi) is 3.32. The third-order valence-corrected chi connectivity index (χ3v) is 4.30. The highest BCUT2D eigenvalue weighted by Crippen LogP contribution is 2.22. The van der Waals surface area contributed by atoms with Gasteiger partial charge in [0.05, 0.1) is 9.92 Å². The number of anilines is 1. The van der Waals surface area contributed by atoms with E-state index >= 15 is 0 Å². The van der Waals surface area contributed by atoms with Crippen molar-refractivity contribution in [1.82, 2.24) is 4.98 Å². The molecule has 0 unspecified atom stereocenters. The van der Waals surface area contributed by atoms with Gasteiger partial charge in [0.1, 0.15) is 5.82 Å². The molecule has 0 atom stereocenters. The smallest absolute Gasteiger partial charge is 0.255 e. The van der Waals surface area contributed by atoms with Gasteiger partial charge in [-0.1, -0.05) is 11.6 Å². The molecule has 2 rings (SSSR count). The molecule has 0 bridgehead atoms. The Hall–Kier alpha value is -1.18. The first-order valence-corrected chi connectivity index (χ1v) is 7.10. The number of hydrogen-bond donors (Lipinski definition) is 1. The van der Waals surface area contributed by atoms with Crippen LogP contribution in [-0.2, 0) is 10.0 Å². The molecule has 4 nitrogen and oxygen atoms in total. The lowest BCUT2D eigenvalue weighted by molar-refractivity contribution is 0.599. The largest absolute Gasteiger partial charge is 0.263 e. The molecule has 0 radical (unpaired) electrons. The summed E-state index contributed by atoms with van der Waals surface area (Å²) in [4.78, 5) is 3.68. The second-order valence-corrected chi connectivity index (χ2v) is 6.00. The summed E-state index contributed by atoms with van der Waals surface area (Å²) in [5, 5.41) is 1.63. The van der Waals surface area contributed by atoms with Crippen molar-refractivity contribution in [1.29, 1.82) is 0 Å². The molecule has 8 heteroatoms. The summed E-state index contributed by atoms with van der Waals surface area (Å²) in [7, 11) is -3.78. The van der Waals surface area contributed by atoms with Crippen LogP contribution in [0.1, 0.15) is 0 Å². The van der Waals surface area contributed by atoms with Crippen molar-refractivity contribution in [3.63, 3.8) is 0 Å². The lowest BCUT2D eigenvalue weighted by atomic mass is 10.3. The third kappa shape index (κ3) is 2.74. The van der Waals surface area contributed by atoms with E-state index in [4.69, 9.17) is 11.6 Å². The van der Waals surface area contributed by atoms with Crippen LogP contribution >= 0.6 is 22.9 Å². The minimum atomic E-state index is -3.78. The molecule has 17 heavy (non-hydrogen) atoms. The Balaban J connectivity index is 2.35. The number of nitrogens with one attached hydrogen (secondary N) is 1. The monoisotopic (exact) mass is 292 g/mol. The summed E-state index contributed by atoms with van der Waals surface area (Å²) < 4.78 is 38.8. The molecule has 0 aliphatic carbocycles. The first-order chi connectivity index (χ1) is 7.99. The van der Waals surface area contributed by atoms with Crippen molar-refractivity contribution in [2.24, 2.45) is 0 Å².